The van der Waals surface area contributed by atoms with Crippen molar-refractivity contribution in [3.8, 4) is 0 Å². The molecule has 1 heterocycles. The zero-order valence-electron chi connectivity index (χ0n) is 19.2. The van der Waals surface area contributed by atoms with Gasteiger partial charge in [0.15, 0.2) is 0 Å². The molecule has 0 fully saturated rings. The van der Waals surface area contributed by atoms with Crippen LogP contribution in [0.2, 0.25) is 0 Å². The molecule has 0 bridgehead atoms. The summed E-state index contributed by atoms with van der Waals surface area (Å²) in [7, 11) is 0. The van der Waals surface area contributed by atoms with E-state index in [9.17, 15) is 28.8 Å². The lowest BCUT2D eigenvalue weighted by atomic mass is 10.0. The minimum absolute atomic E-state index is 0.0935. The van der Waals surface area contributed by atoms with E-state index in [1.54, 1.807) is 6.20 Å². The first-order valence-corrected chi connectivity index (χ1v) is 10.8. The molecule has 0 spiro atoms. The molecule has 4 unspecified atom stereocenters. The van der Waals surface area contributed by atoms with Gasteiger partial charge in [0.25, 0.3) is 0 Å². The SMILES string of the molecule is CC(NC(=O)C(CC(=O)O)NC(=O)C(N)Cc1c[nH]c2ccccc12)C(=O)NC(CC(=O)O)C(=O)O. The molecule has 0 aliphatic rings. The van der Waals surface area contributed by atoms with Gasteiger partial charge in [0.2, 0.25) is 17.7 Å². The van der Waals surface area contributed by atoms with E-state index < -0.39 is 72.6 Å². The molecule has 14 nitrogen and oxygen atoms in total. The maximum absolute atomic E-state index is 12.6. The number of carboxylic acids is 3. The number of hydrogen-bond donors (Lipinski definition) is 8. The van der Waals surface area contributed by atoms with E-state index in [4.69, 9.17) is 21.1 Å². The summed E-state index contributed by atoms with van der Waals surface area (Å²) in [5.41, 5.74) is 7.56. The van der Waals surface area contributed by atoms with Crippen molar-refractivity contribution >= 4 is 46.5 Å². The van der Waals surface area contributed by atoms with Crippen LogP contribution in [0, 0.1) is 0 Å². The summed E-state index contributed by atoms with van der Waals surface area (Å²) in [6, 6.07) is 1.50. The van der Waals surface area contributed by atoms with Gasteiger partial charge >= 0.3 is 17.9 Å². The molecule has 3 amide bonds. The fourth-order valence-electron chi connectivity index (χ4n) is 3.34. The van der Waals surface area contributed by atoms with Crippen molar-refractivity contribution < 1.29 is 44.1 Å². The molecule has 1 aromatic heterocycles. The molecule has 0 aliphatic heterocycles. The number of H-pyrrole nitrogens is 1. The van der Waals surface area contributed by atoms with Crippen molar-refractivity contribution in [2.24, 2.45) is 5.73 Å². The molecule has 9 N–H and O–H groups in total. The number of carbonyl (C=O) groups excluding carboxylic acids is 3. The van der Waals surface area contributed by atoms with Gasteiger partial charge in [0.1, 0.15) is 18.1 Å². The Morgan fingerprint density at radius 1 is 0.861 bits per heavy atom. The van der Waals surface area contributed by atoms with Crippen LogP contribution in [0.1, 0.15) is 25.3 Å². The molecule has 0 radical (unpaired) electrons. The number of nitrogens with one attached hydrogen (secondary N) is 4. The van der Waals surface area contributed by atoms with E-state index in [0.29, 0.717) is 0 Å². The van der Waals surface area contributed by atoms with Crippen molar-refractivity contribution in [2.45, 2.75) is 50.4 Å². The standard InChI is InChI=1S/C22H27N5O9/c1-10(19(32)27-16(22(35)36)8-18(30)31)25-21(34)15(7-17(28)29)26-20(33)13(23)6-11-9-24-14-5-3-2-4-12(11)14/h2-5,9-10,13,15-16,24H,6-8,23H2,1H3,(H,25,34)(H,26,33)(H,27,32)(H,28,29)(H,30,31)(H,35,36). The molecule has 0 saturated carbocycles. The second kappa shape index (κ2) is 12.3. The Balaban J connectivity index is 2.03. The first kappa shape index (κ1) is 27.8. The quantitative estimate of drug-likeness (QED) is 0.157. The van der Waals surface area contributed by atoms with Crippen LogP contribution in [0.3, 0.4) is 0 Å². The number of rotatable bonds is 13. The Kier molecular flexibility index (Phi) is 9.50. The van der Waals surface area contributed by atoms with Crippen LogP contribution in [-0.4, -0.2) is 80.1 Å². The molecule has 1 aromatic carbocycles. The van der Waals surface area contributed by atoms with Gasteiger partial charge in [-0.1, -0.05) is 18.2 Å². The van der Waals surface area contributed by atoms with E-state index in [2.05, 4.69) is 15.6 Å². The minimum Gasteiger partial charge on any atom is -0.481 e. The van der Waals surface area contributed by atoms with Crippen molar-refractivity contribution in [2.75, 3.05) is 0 Å². The van der Waals surface area contributed by atoms with Crippen molar-refractivity contribution in [3.63, 3.8) is 0 Å². The van der Waals surface area contributed by atoms with Crippen LogP contribution >= 0.6 is 0 Å². The average Bonchev–Trinajstić information content (AvgIpc) is 3.20. The molecule has 2 rings (SSSR count). The molecule has 4 atom stereocenters. The zero-order valence-corrected chi connectivity index (χ0v) is 19.2. The Hall–Kier alpha value is -4.46. The molecule has 36 heavy (non-hydrogen) atoms. The summed E-state index contributed by atoms with van der Waals surface area (Å²) in [6.07, 6.45) is 0.0702. The Labute approximate surface area is 204 Å². The van der Waals surface area contributed by atoms with Gasteiger partial charge in [-0.15, -0.1) is 0 Å². The Morgan fingerprint density at radius 3 is 2.06 bits per heavy atom. The highest BCUT2D eigenvalue weighted by atomic mass is 16.4. The zero-order chi connectivity index (χ0) is 27.0. The van der Waals surface area contributed by atoms with E-state index >= 15 is 0 Å². The summed E-state index contributed by atoms with van der Waals surface area (Å²) in [6.45, 7) is 1.18. The van der Waals surface area contributed by atoms with Crippen molar-refractivity contribution in [1.29, 1.82) is 0 Å². The molecular formula is C22H27N5O9. The number of hydrogen-bond acceptors (Lipinski definition) is 7. The normalized spacial score (nSPS) is 14.2. The number of aromatic nitrogens is 1. The third-order valence-electron chi connectivity index (χ3n) is 5.21. The van der Waals surface area contributed by atoms with Crippen LogP contribution in [0.5, 0.6) is 0 Å². The molecule has 2 aromatic rings. The van der Waals surface area contributed by atoms with E-state index in [-0.39, 0.29) is 6.42 Å². The van der Waals surface area contributed by atoms with Gasteiger partial charge in [-0.3, -0.25) is 24.0 Å². The van der Waals surface area contributed by atoms with Gasteiger partial charge in [-0.25, -0.2) is 4.79 Å². The number of amides is 3. The lowest BCUT2D eigenvalue weighted by molar-refractivity contribution is -0.147. The summed E-state index contributed by atoms with van der Waals surface area (Å²) in [5, 5.41) is 34.2. The highest BCUT2D eigenvalue weighted by Gasteiger charge is 2.30. The average molecular weight is 505 g/mol. The van der Waals surface area contributed by atoms with Crippen molar-refractivity contribution in [3.05, 3.63) is 36.0 Å². The largest absolute Gasteiger partial charge is 0.481 e. The maximum Gasteiger partial charge on any atom is 0.326 e. The first-order valence-electron chi connectivity index (χ1n) is 10.8. The third kappa shape index (κ3) is 7.80. The van der Waals surface area contributed by atoms with Gasteiger partial charge < -0.3 is 42.0 Å². The fourth-order valence-corrected chi connectivity index (χ4v) is 3.34. The molecular weight excluding hydrogens is 478 g/mol. The second-order valence-electron chi connectivity index (χ2n) is 8.06. The minimum atomic E-state index is -1.74. The fraction of sp³-hybridized carbons (Fsp3) is 0.364. The van der Waals surface area contributed by atoms with Crippen LogP contribution in [0.15, 0.2) is 30.5 Å². The number of carbonyl (C=O) groups is 6. The predicted octanol–water partition coefficient (Wildman–Crippen LogP) is -1.45. The molecule has 194 valence electrons. The van der Waals surface area contributed by atoms with Crippen LogP contribution in [0.25, 0.3) is 10.9 Å². The maximum atomic E-state index is 12.6. The van der Waals surface area contributed by atoms with Gasteiger partial charge in [0, 0.05) is 17.1 Å². The number of aromatic amines is 1. The molecule has 0 aliphatic carbocycles. The second-order valence-corrected chi connectivity index (χ2v) is 8.06. The van der Waals surface area contributed by atoms with E-state index in [1.165, 1.54) is 6.92 Å². The summed E-state index contributed by atoms with van der Waals surface area (Å²) < 4.78 is 0. The number of carboxylic acid groups (broad SMARTS) is 3. The number of aliphatic carboxylic acids is 3. The summed E-state index contributed by atoms with van der Waals surface area (Å²) >= 11 is 0. The Bertz CT molecular complexity index is 1160. The van der Waals surface area contributed by atoms with Crippen molar-refractivity contribution in [1.82, 2.24) is 20.9 Å². The topological polar surface area (TPSA) is 241 Å². The highest BCUT2D eigenvalue weighted by molar-refractivity contribution is 5.96. The number of fused-ring (bicyclic) bond motifs is 1. The Morgan fingerprint density at radius 2 is 1.44 bits per heavy atom. The monoisotopic (exact) mass is 505 g/mol. The van der Waals surface area contributed by atoms with Gasteiger partial charge in [-0.2, -0.15) is 0 Å². The number of nitrogens with two attached hydrogens (primary N) is 1. The first-order chi connectivity index (χ1) is 16.9. The smallest absolute Gasteiger partial charge is 0.326 e. The van der Waals surface area contributed by atoms with Gasteiger partial charge in [0.05, 0.1) is 18.9 Å². The van der Waals surface area contributed by atoms with Crippen LogP contribution < -0.4 is 21.7 Å². The van der Waals surface area contributed by atoms with Gasteiger partial charge in [-0.05, 0) is 25.0 Å². The summed E-state index contributed by atoms with van der Waals surface area (Å²) in [5.74, 6) is -7.32. The third-order valence-corrected chi connectivity index (χ3v) is 5.21. The van der Waals surface area contributed by atoms with Crippen LogP contribution in [0.4, 0.5) is 0 Å². The lowest BCUT2D eigenvalue weighted by Gasteiger charge is -2.22. The lowest BCUT2D eigenvalue weighted by Crippen LogP contribution is -2.57. The molecule has 0 saturated heterocycles. The predicted molar refractivity (Wildman–Crippen MR) is 124 cm³/mol. The van der Waals surface area contributed by atoms with Crippen LogP contribution in [-0.2, 0) is 35.2 Å². The summed E-state index contributed by atoms with van der Waals surface area (Å²) in [4.78, 5) is 73.6. The van der Waals surface area contributed by atoms with E-state index in [1.807, 2.05) is 29.6 Å². The number of para-hydroxylation sites is 1. The highest BCUT2D eigenvalue weighted by Crippen LogP contribution is 2.18. The van der Waals surface area contributed by atoms with E-state index in [0.717, 1.165) is 16.5 Å². The molecule has 14 heteroatoms. The number of benzene rings is 1.